The minimum absolute atomic E-state index is 0.0113. The fourth-order valence-electron chi connectivity index (χ4n) is 7.77. The monoisotopic (exact) mass is 933 g/mol. The molecule has 9 heteroatoms. The number of carbonyl (C=O) groups excluding carboxylic acids is 1. The SMILES string of the molecule is CC/C=C\C/C=C\C/C=C\C/C=C\C/C=C\CCCCCCCCCCCCCCCCCC(=O)NC(COP(=O)([O-])OCC[N+](C)(C)C)C(O)CCCCCCCCCCCCCC. The molecule has 2 N–H and O–H groups in total. The molecule has 0 rings (SSSR count). The number of hydrogen-bond donors (Lipinski definition) is 2. The van der Waals surface area contributed by atoms with Crippen molar-refractivity contribution in [3.63, 3.8) is 0 Å². The van der Waals surface area contributed by atoms with Crippen LogP contribution in [-0.4, -0.2) is 68.5 Å². The first-order chi connectivity index (χ1) is 31.5. The smallest absolute Gasteiger partial charge is 0.268 e. The molecule has 0 bridgehead atoms. The van der Waals surface area contributed by atoms with Crippen LogP contribution in [0.5, 0.6) is 0 Å². The fourth-order valence-corrected chi connectivity index (χ4v) is 8.50. The van der Waals surface area contributed by atoms with Gasteiger partial charge in [-0.25, -0.2) is 0 Å². The Morgan fingerprint density at radius 1 is 0.554 bits per heavy atom. The van der Waals surface area contributed by atoms with Crippen LogP contribution in [0.2, 0.25) is 0 Å². The van der Waals surface area contributed by atoms with Gasteiger partial charge < -0.3 is 28.8 Å². The third-order valence-electron chi connectivity index (χ3n) is 12.0. The molecule has 0 aromatic rings. The highest BCUT2D eigenvalue weighted by Crippen LogP contribution is 2.38. The van der Waals surface area contributed by atoms with Crippen LogP contribution < -0.4 is 10.2 Å². The quantitative estimate of drug-likeness (QED) is 0.0272. The predicted octanol–water partition coefficient (Wildman–Crippen LogP) is 15.5. The first kappa shape index (κ1) is 63.2. The molecule has 0 aliphatic carbocycles. The minimum atomic E-state index is -4.57. The van der Waals surface area contributed by atoms with Crippen molar-refractivity contribution >= 4 is 13.7 Å². The Balaban J connectivity index is 4.05. The number of hydrogen-bond acceptors (Lipinski definition) is 6. The van der Waals surface area contributed by atoms with E-state index in [9.17, 15) is 19.4 Å². The van der Waals surface area contributed by atoms with Crippen LogP contribution in [-0.2, 0) is 18.4 Å². The molecule has 0 saturated heterocycles. The lowest BCUT2D eigenvalue weighted by molar-refractivity contribution is -0.870. The Morgan fingerprint density at radius 3 is 1.37 bits per heavy atom. The first-order valence-corrected chi connectivity index (χ1v) is 28.6. The molecule has 8 nitrogen and oxygen atoms in total. The number of carbonyl (C=O) groups is 1. The van der Waals surface area contributed by atoms with Crippen molar-refractivity contribution in [3.8, 4) is 0 Å². The van der Waals surface area contributed by atoms with Crippen molar-refractivity contribution in [2.24, 2.45) is 0 Å². The average Bonchev–Trinajstić information content (AvgIpc) is 3.26. The summed E-state index contributed by atoms with van der Waals surface area (Å²) in [6, 6.07) is -0.801. The molecule has 0 aromatic carbocycles. The van der Waals surface area contributed by atoms with Crippen LogP contribution in [0.3, 0.4) is 0 Å². The summed E-state index contributed by atoms with van der Waals surface area (Å²) in [5, 5.41) is 13.9. The van der Waals surface area contributed by atoms with E-state index in [1.807, 2.05) is 21.1 Å². The van der Waals surface area contributed by atoms with E-state index >= 15 is 0 Å². The van der Waals surface area contributed by atoms with Gasteiger partial charge in [0.25, 0.3) is 7.82 Å². The average molecular weight is 933 g/mol. The van der Waals surface area contributed by atoms with E-state index in [0.29, 0.717) is 23.9 Å². The molecule has 0 fully saturated rings. The summed E-state index contributed by atoms with van der Waals surface area (Å²) in [7, 11) is 1.30. The van der Waals surface area contributed by atoms with Crippen molar-refractivity contribution in [1.82, 2.24) is 5.32 Å². The molecule has 65 heavy (non-hydrogen) atoms. The Morgan fingerprint density at radius 2 is 0.938 bits per heavy atom. The van der Waals surface area contributed by atoms with Crippen molar-refractivity contribution in [2.75, 3.05) is 40.9 Å². The molecule has 3 atom stereocenters. The molecule has 0 radical (unpaired) electrons. The number of nitrogens with zero attached hydrogens (tertiary/aromatic N) is 1. The summed E-state index contributed by atoms with van der Waals surface area (Å²) in [4.78, 5) is 25.4. The number of aliphatic hydroxyl groups excluding tert-OH is 1. The summed E-state index contributed by atoms with van der Waals surface area (Å²) in [6.45, 7) is 4.61. The predicted molar refractivity (Wildman–Crippen MR) is 279 cm³/mol. The summed E-state index contributed by atoms with van der Waals surface area (Å²) in [5.41, 5.74) is 0. The topological polar surface area (TPSA) is 108 Å². The van der Waals surface area contributed by atoms with Gasteiger partial charge in [0.15, 0.2) is 0 Å². The molecular formula is C56H105N2O6P. The second kappa shape index (κ2) is 47.3. The molecule has 0 saturated carbocycles. The van der Waals surface area contributed by atoms with Gasteiger partial charge >= 0.3 is 0 Å². The number of aliphatic hydroxyl groups is 1. The van der Waals surface area contributed by atoms with Crippen LogP contribution in [0, 0.1) is 0 Å². The van der Waals surface area contributed by atoms with E-state index in [4.69, 9.17) is 9.05 Å². The first-order valence-electron chi connectivity index (χ1n) is 27.1. The summed E-state index contributed by atoms with van der Waals surface area (Å²) < 4.78 is 23.3. The summed E-state index contributed by atoms with van der Waals surface area (Å²) in [5.74, 6) is -0.166. The Bertz CT molecular complexity index is 1240. The summed E-state index contributed by atoms with van der Waals surface area (Å²) in [6.07, 6.45) is 62.5. The maximum Gasteiger partial charge on any atom is 0.268 e. The lowest BCUT2D eigenvalue weighted by Crippen LogP contribution is -2.46. The van der Waals surface area contributed by atoms with Crippen molar-refractivity contribution < 1.29 is 32.9 Å². The molecule has 0 aromatic heterocycles. The van der Waals surface area contributed by atoms with Crippen LogP contribution in [0.1, 0.15) is 239 Å². The number of unbranched alkanes of at least 4 members (excludes halogenated alkanes) is 26. The van der Waals surface area contributed by atoms with E-state index < -0.39 is 20.0 Å². The zero-order valence-corrected chi connectivity index (χ0v) is 44.1. The molecule has 0 spiro atoms. The van der Waals surface area contributed by atoms with Gasteiger partial charge in [-0.05, 0) is 57.8 Å². The molecule has 1 amide bonds. The number of quaternary nitrogens is 1. The lowest BCUT2D eigenvalue weighted by atomic mass is 10.0. The van der Waals surface area contributed by atoms with Gasteiger partial charge in [0.2, 0.25) is 5.91 Å². The number of likely N-dealkylation sites (N-methyl/N-ethyl adjacent to an activating group) is 1. The highest BCUT2D eigenvalue weighted by atomic mass is 31.2. The largest absolute Gasteiger partial charge is 0.756 e. The van der Waals surface area contributed by atoms with Crippen molar-refractivity contribution in [1.29, 1.82) is 0 Å². The Hall–Kier alpha value is -1.80. The second-order valence-corrected chi connectivity index (χ2v) is 21.0. The summed E-state index contributed by atoms with van der Waals surface area (Å²) >= 11 is 0. The minimum Gasteiger partial charge on any atom is -0.756 e. The zero-order valence-electron chi connectivity index (χ0n) is 43.2. The van der Waals surface area contributed by atoms with Gasteiger partial charge in [-0.3, -0.25) is 9.36 Å². The molecular weight excluding hydrogens is 828 g/mol. The van der Waals surface area contributed by atoms with E-state index in [1.165, 1.54) is 141 Å². The maximum absolute atomic E-state index is 12.9. The van der Waals surface area contributed by atoms with E-state index in [1.54, 1.807) is 0 Å². The van der Waals surface area contributed by atoms with Gasteiger partial charge in [0.1, 0.15) is 13.2 Å². The van der Waals surface area contributed by atoms with Crippen LogP contribution in [0.4, 0.5) is 0 Å². The van der Waals surface area contributed by atoms with Crippen LogP contribution >= 0.6 is 7.82 Å². The van der Waals surface area contributed by atoms with Crippen LogP contribution in [0.15, 0.2) is 60.8 Å². The number of nitrogens with one attached hydrogen (secondary N) is 1. The molecule has 0 aliphatic rings. The highest BCUT2D eigenvalue weighted by Gasteiger charge is 2.24. The van der Waals surface area contributed by atoms with E-state index in [0.717, 1.165) is 70.6 Å². The molecule has 3 unspecified atom stereocenters. The third kappa shape index (κ3) is 49.9. The zero-order chi connectivity index (χ0) is 47.8. The number of phosphoric acid groups is 1. The Kier molecular flexibility index (Phi) is 46.0. The van der Waals surface area contributed by atoms with Gasteiger partial charge in [-0.1, -0.05) is 235 Å². The number of phosphoric ester groups is 1. The van der Waals surface area contributed by atoms with Gasteiger partial charge in [-0.15, -0.1) is 0 Å². The molecule has 0 aliphatic heterocycles. The maximum atomic E-state index is 12.9. The molecule has 380 valence electrons. The normalized spacial score (nSPS) is 14.5. The number of rotatable bonds is 49. The highest BCUT2D eigenvalue weighted by molar-refractivity contribution is 7.45. The van der Waals surface area contributed by atoms with E-state index in [-0.39, 0.29) is 19.1 Å². The number of allylic oxidation sites excluding steroid dienone is 10. The van der Waals surface area contributed by atoms with Crippen LogP contribution in [0.25, 0.3) is 0 Å². The van der Waals surface area contributed by atoms with Gasteiger partial charge in [-0.2, -0.15) is 0 Å². The lowest BCUT2D eigenvalue weighted by Gasteiger charge is -2.30. The van der Waals surface area contributed by atoms with Gasteiger partial charge in [0.05, 0.1) is 39.9 Å². The van der Waals surface area contributed by atoms with Crippen molar-refractivity contribution in [3.05, 3.63) is 60.8 Å². The van der Waals surface area contributed by atoms with E-state index in [2.05, 4.69) is 79.9 Å². The standard InChI is InChI=1S/C56H105N2O6P/c1-6-8-10-12-14-16-18-20-21-22-23-24-25-26-27-28-29-30-31-32-33-34-35-36-37-38-40-42-44-46-48-50-56(60)57-54(53-64-65(61,62)63-52-51-58(3,4)5)55(59)49-47-45-43-41-39-19-17-15-13-11-9-7-2/h8,10,14,16,20-21,23-24,26-27,54-55,59H,6-7,9,11-13,15,17-19,22,25,28-53H2,1-5H3,(H-,57,60,61,62)/b10-8-,16-14-,21-20-,24-23-,27-26-. The number of amides is 1. The van der Waals surface area contributed by atoms with Gasteiger partial charge in [0, 0.05) is 6.42 Å². The fraction of sp³-hybridized carbons (Fsp3) is 0.804. The van der Waals surface area contributed by atoms with Crippen molar-refractivity contribution in [2.45, 2.75) is 251 Å². The Labute approximate surface area is 402 Å². The molecule has 0 heterocycles. The third-order valence-corrected chi connectivity index (χ3v) is 13.0. The second-order valence-electron chi connectivity index (χ2n) is 19.6.